The van der Waals surface area contributed by atoms with Crippen LogP contribution in [0.25, 0.3) is 17.1 Å². The highest BCUT2D eigenvalue weighted by atomic mass is 16.1. The molecule has 1 N–H and O–H groups in total. The van der Waals surface area contributed by atoms with E-state index in [0.717, 1.165) is 54.3 Å². The second-order valence-corrected chi connectivity index (χ2v) is 7.69. The summed E-state index contributed by atoms with van der Waals surface area (Å²) in [5.74, 6) is 1.70. The number of hydrogen-bond acceptors (Lipinski definition) is 6. The molecule has 3 heterocycles. The molecule has 1 amide bonds. The Labute approximate surface area is 179 Å². The zero-order chi connectivity index (χ0) is 21.2. The minimum atomic E-state index is -0.199. The molecule has 1 aliphatic rings. The zero-order valence-electron chi connectivity index (χ0n) is 17.2. The predicted molar refractivity (Wildman–Crippen MR) is 115 cm³/mol. The molecule has 0 bridgehead atoms. The zero-order valence-corrected chi connectivity index (χ0v) is 17.2. The molecule has 9 nitrogen and oxygen atoms in total. The van der Waals surface area contributed by atoms with Gasteiger partial charge in [0.25, 0.3) is 5.91 Å². The van der Waals surface area contributed by atoms with Crippen LogP contribution in [0.15, 0.2) is 48.8 Å². The molecule has 0 spiro atoms. The van der Waals surface area contributed by atoms with E-state index in [9.17, 15) is 4.79 Å². The molecule has 0 aliphatic carbocycles. The fourth-order valence-electron chi connectivity index (χ4n) is 3.86. The van der Waals surface area contributed by atoms with Crippen molar-refractivity contribution >= 4 is 11.6 Å². The standard InChI is InChI=1S/C22H22N8O/c1-15-9-10-16(21-26-25-20-8-3-2-4-11-29(20)21)13-19(15)24-22(31)17-6-5-7-18(12-17)30-14-23-27-28-30/h5-7,9-10,12-14H,2-4,8,11H2,1H3,(H,24,31). The Morgan fingerprint density at radius 2 is 2.00 bits per heavy atom. The van der Waals surface area contributed by atoms with Crippen LogP contribution in [-0.4, -0.2) is 40.9 Å². The van der Waals surface area contributed by atoms with E-state index in [4.69, 9.17) is 0 Å². The first-order valence-electron chi connectivity index (χ1n) is 10.4. The minimum Gasteiger partial charge on any atom is -0.322 e. The van der Waals surface area contributed by atoms with Gasteiger partial charge in [0.15, 0.2) is 5.82 Å². The van der Waals surface area contributed by atoms with E-state index in [0.29, 0.717) is 11.3 Å². The van der Waals surface area contributed by atoms with Gasteiger partial charge in [-0.1, -0.05) is 24.6 Å². The summed E-state index contributed by atoms with van der Waals surface area (Å²) in [5, 5.41) is 23.0. The van der Waals surface area contributed by atoms with Crippen LogP contribution in [0.2, 0.25) is 0 Å². The number of amides is 1. The van der Waals surface area contributed by atoms with Crippen LogP contribution >= 0.6 is 0 Å². The van der Waals surface area contributed by atoms with Crippen molar-refractivity contribution in [3.8, 4) is 17.1 Å². The van der Waals surface area contributed by atoms with E-state index in [1.165, 1.54) is 17.4 Å². The first-order valence-corrected chi connectivity index (χ1v) is 10.4. The van der Waals surface area contributed by atoms with Gasteiger partial charge >= 0.3 is 0 Å². The van der Waals surface area contributed by atoms with Gasteiger partial charge in [0, 0.05) is 29.8 Å². The lowest BCUT2D eigenvalue weighted by Crippen LogP contribution is -2.13. The summed E-state index contributed by atoms with van der Waals surface area (Å²) in [6.45, 7) is 2.90. The number of carbonyl (C=O) groups is 1. The average Bonchev–Trinajstić information content (AvgIpc) is 3.41. The van der Waals surface area contributed by atoms with Crippen LogP contribution in [0.1, 0.15) is 41.0 Å². The number of nitrogens with one attached hydrogen (secondary N) is 1. The number of tetrazole rings is 1. The van der Waals surface area contributed by atoms with Gasteiger partial charge in [-0.2, -0.15) is 0 Å². The SMILES string of the molecule is Cc1ccc(-c2nnc3n2CCCCC3)cc1NC(=O)c1cccc(-n2cnnn2)c1. The largest absolute Gasteiger partial charge is 0.322 e. The van der Waals surface area contributed by atoms with Gasteiger partial charge in [0.2, 0.25) is 0 Å². The number of aromatic nitrogens is 7. The molecule has 31 heavy (non-hydrogen) atoms. The van der Waals surface area contributed by atoms with Gasteiger partial charge < -0.3 is 9.88 Å². The normalized spacial score (nSPS) is 13.5. The van der Waals surface area contributed by atoms with E-state index in [1.807, 2.05) is 31.2 Å². The number of fused-ring (bicyclic) bond motifs is 1. The van der Waals surface area contributed by atoms with E-state index in [2.05, 4.69) is 35.6 Å². The molecule has 0 radical (unpaired) electrons. The molecule has 4 aromatic rings. The number of anilines is 1. The van der Waals surface area contributed by atoms with Crippen molar-refractivity contribution in [2.75, 3.05) is 5.32 Å². The lowest BCUT2D eigenvalue weighted by molar-refractivity contribution is 0.102. The first kappa shape index (κ1) is 19.1. The highest BCUT2D eigenvalue weighted by Gasteiger charge is 2.17. The summed E-state index contributed by atoms with van der Waals surface area (Å²) in [6.07, 6.45) is 5.94. The Kier molecular flexibility index (Phi) is 4.99. The van der Waals surface area contributed by atoms with Crippen molar-refractivity contribution in [3.05, 3.63) is 65.7 Å². The monoisotopic (exact) mass is 414 g/mol. The van der Waals surface area contributed by atoms with Crippen LogP contribution in [0, 0.1) is 6.92 Å². The van der Waals surface area contributed by atoms with Crippen molar-refractivity contribution in [1.82, 2.24) is 35.0 Å². The van der Waals surface area contributed by atoms with Gasteiger partial charge in [-0.15, -0.1) is 15.3 Å². The molecule has 9 heteroatoms. The third-order valence-electron chi connectivity index (χ3n) is 5.58. The molecule has 0 fully saturated rings. The molecule has 0 unspecified atom stereocenters. The molecule has 0 atom stereocenters. The van der Waals surface area contributed by atoms with Gasteiger partial charge in [0.05, 0.1) is 5.69 Å². The number of carbonyl (C=O) groups excluding carboxylic acids is 1. The third kappa shape index (κ3) is 3.81. The molecule has 1 aliphatic heterocycles. The fourth-order valence-corrected chi connectivity index (χ4v) is 3.86. The van der Waals surface area contributed by atoms with Gasteiger partial charge in [-0.3, -0.25) is 4.79 Å². The molecular formula is C22H22N8O. The molecular weight excluding hydrogens is 392 g/mol. The Balaban J connectivity index is 1.42. The molecule has 156 valence electrons. The Hall–Kier alpha value is -3.88. The Morgan fingerprint density at radius 1 is 1.06 bits per heavy atom. The van der Waals surface area contributed by atoms with Crippen molar-refractivity contribution < 1.29 is 4.79 Å². The van der Waals surface area contributed by atoms with Crippen LogP contribution in [0.3, 0.4) is 0 Å². The summed E-state index contributed by atoms with van der Waals surface area (Å²) in [7, 11) is 0. The molecule has 2 aromatic heterocycles. The second kappa shape index (κ2) is 8.10. The number of benzene rings is 2. The highest BCUT2D eigenvalue weighted by Crippen LogP contribution is 2.27. The highest BCUT2D eigenvalue weighted by molar-refractivity contribution is 6.05. The summed E-state index contributed by atoms with van der Waals surface area (Å²) in [6, 6.07) is 13.2. The topological polar surface area (TPSA) is 103 Å². The maximum absolute atomic E-state index is 13.0. The van der Waals surface area contributed by atoms with E-state index in [-0.39, 0.29) is 5.91 Å². The van der Waals surface area contributed by atoms with E-state index >= 15 is 0 Å². The summed E-state index contributed by atoms with van der Waals surface area (Å²) in [5.41, 5.74) is 3.91. The van der Waals surface area contributed by atoms with E-state index in [1.54, 1.807) is 18.2 Å². The predicted octanol–water partition coefficient (Wildman–Crippen LogP) is 3.21. The number of rotatable bonds is 4. The van der Waals surface area contributed by atoms with Crippen molar-refractivity contribution in [1.29, 1.82) is 0 Å². The van der Waals surface area contributed by atoms with Crippen LogP contribution < -0.4 is 5.32 Å². The van der Waals surface area contributed by atoms with Crippen molar-refractivity contribution in [2.45, 2.75) is 39.2 Å². The molecule has 2 aromatic carbocycles. The smallest absolute Gasteiger partial charge is 0.255 e. The number of hydrogen-bond donors (Lipinski definition) is 1. The maximum Gasteiger partial charge on any atom is 0.255 e. The van der Waals surface area contributed by atoms with Gasteiger partial charge in [0.1, 0.15) is 12.2 Å². The van der Waals surface area contributed by atoms with Crippen molar-refractivity contribution in [2.24, 2.45) is 0 Å². The maximum atomic E-state index is 13.0. The summed E-state index contributed by atoms with van der Waals surface area (Å²) < 4.78 is 3.72. The van der Waals surface area contributed by atoms with Crippen LogP contribution in [0.4, 0.5) is 5.69 Å². The van der Waals surface area contributed by atoms with Gasteiger partial charge in [-0.25, -0.2) is 4.68 Å². The Morgan fingerprint density at radius 3 is 2.87 bits per heavy atom. The lowest BCUT2D eigenvalue weighted by atomic mass is 10.1. The quantitative estimate of drug-likeness (QED) is 0.550. The molecule has 0 saturated heterocycles. The third-order valence-corrected chi connectivity index (χ3v) is 5.58. The average molecular weight is 414 g/mol. The number of nitrogens with zero attached hydrogens (tertiary/aromatic N) is 7. The fraction of sp³-hybridized carbons (Fsp3) is 0.273. The first-order chi connectivity index (χ1) is 15.2. The minimum absolute atomic E-state index is 0.199. The van der Waals surface area contributed by atoms with Gasteiger partial charge in [-0.05, 0) is 60.0 Å². The van der Waals surface area contributed by atoms with Crippen LogP contribution in [-0.2, 0) is 13.0 Å². The number of aryl methyl sites for hydroxylation is 2. The van der Waals surface area contributed by atoms with Crippen LogP contribution in [0.5, 0.6) is 0 Å². The molecule has 5 rings (SSSR count). The lowest BCUT2D eigenvalue weighted by Gasteiger charge is -2.12. The van der Waals surface area contributed by atoms with Crippen molar-refractivity contribution in [3.63, 3.8) is 0 Å². The summed E-state index contributed by atoms with van der Waals surface area (Å²) >= 11 is 0. The molecule has 0 saturated carbocycles. The second-order valence-electron chi connectivity index (χ2n) is 7.69. The summed E-state index contributed by atoms with van der Waals surface area (Å²) in [4.78, 5) is 13.0. The Bertz CT molecular complexity index is 1230. The van der Waals surface area contributed by atoms with E-state index < -0.39 is 0 Å².